The maximum absolute atomic E-state index is 11.9. The van der Waals surface area contributed by atoms with E-state index in [2.05, 4.69) is 23.5 Å². The molecule has 114 valence electrons. The van der Waals surface area contributed by atoms with E-state index >= 15 is 0 Å². The lowest BCUT2D eigenvalue weighted by Crippen LogP contribution is -2.35. The fourth-order valence-corrected chi connectivity index (χ4v) is 3.05. The Bertz CT molecular complexity index is 482. The highest BCUT2D eigenvalue weighted by Crippen LogP contribution is 2.07. The maximum Gasteiger partial charge on any atom is 0.215 e. The normalized spacial score (nSPS) is 12.0. The van der Waals surface area contributed by atoms with Crippen LogP contribution in [-0.4, -0.2) is 44.6 Å². The summed E-state index contributed by atoms with van der Waals surface area (Å²) in [5, 5.41) is 8.94. The first-order valence-electron chi connectivity index (χ1n) is 6.89. The molecule has 0 atom stereocenters. The number of aliphatic hydroxyl groups is 1. The SMILES string of the molecule is CCN(CC)CCNS(=O)(=O)Cc1ccc(CO)cc1. The third-order valence-electron chi connectivity index (χ3n) is 3.21. The molecule has 1 aromatic rings. The summed E-state index contributed by atoms with van der Waals surface area (Å²) in [5.41, 5.74) is 1.50. The maximum atomic E-state index is 11.9. The average Bonchev–Trinajstić information content (AvgIpc) is 2.44. The van der Waals surface area contributed by atoms with Crippen molar-refractivity contribution in [2.45, 2.75) is 26.2 Å². The van der Waals surface area contributed by atoms with Crippen molar-refractivity contribution >= 4 is 10.0 Å². The molecule has 0 saturated carbocycles. The third kappa shape index (κ3) is 6.00. The lowest BCUT2D eigenvalue weighted by Gasteiger charge is -2.18. The number of likely N-dealkylation sites (N-methyl/N-ethyl adjacent to an activating group) is 1. The zero-order valence-corrected chi connectivity index (χ0v) is 13.0. The summed E-state index contributed by atoms with van der Waals surface area (Å²) in [4.78, 5) is 2.17. The van der Waals surface area contributed by atoms with Gasteiger partial charge in [-0.2, -0.15) is 0 Å². The van der Waals surface area contributed by atoms with Crippen molar-refractivity contribution in [2.24, 2.45) is 0 Å². The van der Waals surface area contributed by atoms with E-state index in [0.29, 0.717) is 6.54 Å². The summed E-state index contributed by atoms with van der Waals surface area (Å²) in [5.74, 6) is -0.0308. The quantitative estimate of drug-likeness (QED) is 0.712. The van der Waals surface area contributed by atoms with Crippen molar-refractivity contribution in [1.29, 1.82) is 0 Å². The fourth-order valence-electron chi connectivity index (χ4n) is 1.91. The van der Waals surface area contributed by atoms with Crippen molar-refractivity contribution in [1.82, 2.24) is 9.62 Å². The summed E-state index contributed by atoms with van der Waals surface area (Å²) >= 11 is 0. The van der Waals surface area contributed by atoms with E-state index in [1.165, 1.54) is 0 Å². The average molecular weight is 300 g/mol. The van der Waals surface area contributed by atoms with Gasteiger partial charge in [0.1, 0.15) is 0 Å². The standard InChI is InChI=1S/C14H24N2O3S/c1-3-16(4-2)10-9-15-20(18,19)12-14-7-5-13(11-17)6-8-14/h5-8,15,17H,3-4,9-12H2,1-2H3. The van der Waals surface area contributed by atoms with Crippen LogP contribution in [-0.2, 0) is 22.4 Å². The largest absolute Gasteiger partial charge is 0.392 e. The summed E-state index contributed by atoms with van der Waals surface area (Å²) < 4.78 is 26.5. The van der Waals surface area contributed by atoms with Crippen LogP contribution < -0.4 is 4.72 Å². The zero-order chi connectivity index (χ0) is 15.0. The first-order valence-corrected chi connectivity index (χ1v) is 8.54. The molecule has 6 heteroatoms. The molecule has 0 radical (unpaired) electrons. The van der Waals surface area contributed by atoms with Gasteiger partial charge in [0.2, 0.25) is 10.0 Å². The smallest absolute Gasteiger partial charge is 0.215 e. The predicted molar refractivity (Wildman–Crippen MR) is 80.8 cm³/mol. The molecular weight excluding hydrogens is 276 g/mol. The Morgan fingerprint density at radius 2 is 1.65 bits per heavy atom. The minimum absolute atomic E-state index is 0.0308. The predicted octanol–water partition coefficient (Wildman–Crippen LogP) is 0.940. The van der Waals surface area contributed by atoms with Gasteiger partial charge in [0, 0.05) is 13.1 Å². The number of hydrogen-bond donors (Lipinski definition) is 2. The highest BCUT2D eigenvalue weighted by Gasteiger charge is 2.11. The van der Waals surface area contributed by atoms with Gasteiger partial charge in [-0.1, -0.05) is 38.1 Å². The molecule has 20 heavy (non-hydrogen) atoms. The number of benzene rings is 1. The zero-order valence-electron chi connectivity index (χ0n) is 12.2. The second-order valence-corrected chi connectivity index (χ2v) is 6.46. The molecule has 0 bridgehead atoms. The van der Waals surface area contributed by atoms with Gasteiger partial charge in [0.15, 0.2) is 0 Å². The van der Waals surface area contributed by atoms with E-state index in [4.69, 9.17) is 5.11 Å². The van der Waals surface area contributed by atoms with Gasteiger partial charge in [-0.25, -0.2) is 13.1 Å². The molecule has 0 saturated heterocycles. The number of nitrogens with one attached hydrogen (secondary N) is 1. The Labute approximate surface area is 121 Å². The lowest BCUT2D eigenvalue weighted by atomic mass is 10.2. The second kappa shape index (κ2) is 8.36. The minimum Gasteiger partial charge on any atom is -0.392 e. The first kappa shape index (κ1) is 17.1. The van der Waals surface area contributed by atoms with Gasteiger partial charge in [-0.3, -0.25) is 0 Å². The Morgan fingerprint density at radius 1 is 1.10 bits per heavy atom. The molecule has 5 nitrogen and oxygen atoms in total. The van der Waals surface area contributed by atoms with E-state index in [9.17, 15) is 8.42 Å². The monoisotopic (exact) mass is 300 g/mol. The molecule has 0 aromatic heterocycles. The third-order valence-corrected chi connectivity index (χ3v) is 4.56. The topological polar surface area (TPSA) is 69.6 Å². The number of aliphatic hydroxyl groups excluding tert-OH is 1. The van der Waals surface area contributed by atoms with E-state index in [0.717, 1.165) is 30.8 Å². The van der Waals surface area contributed by atoms with Crippen LogP contribution in [0.3, 0.4) is 0 Å². The Kier molecular flexibility index (Phi) is 7.15. The van der Waals surface area contributed by atoms with Gasteiger partial charge in [-0.05, 0) is 24.2 Å². The minimum atomic E-state index is -3.31. The number of sulfonamides is 1. The van der Waals surface area contributed by atoms with Crippen molar-refractivity contribution in [3.8, 4) is 0 Å². The van der Waals surface area contributed by atoms with E-state index in [1.807, 2.05) is 0 Å². The van der Waals surface area contributed by atoms with Crippen LogP contribution in [0.5, 0.6) is 0 Å². The number of hydrogen-bond acceptors (Lipinski definition) is 4. The molecule has 0 aliphatic rings. The molecule has 0 amide bonds. The number of nitrogens with zero attached hydrogens (tertiary/aromatic N) is 1. The molecule has 0 fully saturated rings. The number of rotatable bonds is 9. The molecule has 0 heterocycles. The van der Waals surface area contributed by atoms with Crippen LogP contribution in [0.2, 0.25) is 0 Å². The van der Waals surface area contributed by atoms with E-state index in [-0.39, 0.29) is 12.4 Å². The van der Waals surface area contributed by atoms with Crippen molar-refractivity contribution in [2.75, 3.05) is 26.2 Å². The molecule has 1 aromatic carbocycles. The van der Waals surface area contributed by atoms with Crippen molar-refractivity contribution in [3.63, 3.8) is 0 Å². The van der Waals surface area contributed by atoms with Crippen molar-refractivity contribution in [3.05, 3.63) is 35.4 Å². The van der Waals surface area contributed by atoms with Crippen LogP contribution in [0.4, 0.5) is 0 Å². The molecule has 0 aliphatic carbocycles. The van der Waals surface area contributed by atoms with Crippen LogP contribution in [0, 0.1) is 0 Å². The van der Waals surface area contributed by atoms with Gasteiger partial charge >= 0.3 is 0 Å². The van der Waals surface area contributed by atoms with Gasteiger partial charge in [0.25, 0.3) is 0 Å². The molecule has 1 rings (SSSR count). The summed E-state index contributed by atoms with van der Waals surface area (Å²) in [7, 11) is -3.31. The first-order chi connectivity index (χ1) is 9.50. The van der Waals surface area contributed by atoms with Crippen LogP contribution in [0.15, 0.2) is 24.3 Å². The van der Waals surface area contributed by atoms with Crippen LogP contribution in [0.1, 0.15) is 25.0 Å². The summed E-state index contributed by atoms with van der Waals surface area (Å²) in [6.07, 6.45) is 0. The Hall–Kier alpha value is -0.950. The molecule has 0 spiro atoms. The molecule has 0 unspecified atom stereocenters. The van der Waals surface area contributed by atoms with Crippen molar-refractivity contribution < 1.29 is 13.5 Å². The molecule has 0 aliphatic heterocycles. The van der Waals surface area contributed by atoms with E-state index < -0.39 is 10.0 Å². The highest BCUT2D eigenvalue weighted by molar-refractivity contribution is 7.88. The van der Waals surface area contributed by atoms with Gasteiger partial charge in [0.05, 0.1) is 12.4 Å². The van der Waals surface area contributed by atoms with Gasteiger partial charge < -0.3 is 10.0 Å². The van der Waals surface area contributed by atoms with E-state index in [1.54, 1.807) is 24.3 Å². The molecule has 2 N–H and O–H groups in total. The summed E-state index contributed by atoms with van der Waals surface area (Å²) in [6, 6.07) is 6.94. The Balaban J connectivity index is 2.48. The lowest BCUT2D eigenvalue weighted by molar-refractivity contribution is 0.282. The fraction of sp³-hybridized carbons (Fsp3) is 0.571. The van der Waals surface area contributed by atoms with Gasteiger partial charge in [-0.15, -0.1) is 0 Å². The van der Waals surface area contributed by atoms with Crippen LogP contribution in [0.25, 0.3) is 0 Å². The van der Waals surface area contributed by atoms with Crippen LogP contribution >= 0.6 is 0 Å². The highest BCUT2D eigenvalue weighted by atomic mass is 32.2. The second-order valence-electron chi connectivity index (χ2n) is 4.65. The molecular formula is C14H24N2O3S. The Morgan fingerprint density at radius 3 is 2.15 bits per heavy atom. The summed E-state index contributed by atoms with van der Waals surface area (Å²) in [6.45, 7) is 7.06.